The molecule has 0 heterocycles. The molecule has 0 aliphatic carbocycles. The highest BCUT2D eigenvalue weighted by Gasteiger charge is 2.14. The Morgan fingerprint density at radius 1 is 1.82 bits per heavy atom. The van der Waals surface area contributed by atoms with E-state index in [0.29, 0.717) is 19.4 Å². The molecule has 3 heteroatoms. The molecule has 11 heavy (non-hydrogen) atoms. The topological polar surface area (TPSA) is 46.5 Å². The Hall–Kier alpha value is -0.830. The lowest BCUT2D eigenvalue weighted by atomic mass is 10.0. The molecule has 0 bridgehead atoms. The molecule has 0 aromatic heterocycles. The maximum absolute atomic E-state index is 10.5. The largest absolute Gasteiger partial charge is 0.481 e. The van der Waals surface area contributed by atoms with Crippen LogP contribution in [0.25, 0.3) is 0 Å². The van der Waals surface area contributed by atoms with Crippen LogP contribution in [-0.2, 0) is 9.53 Å². The molecule has 0 saturated carbocycles. The van der Waals surface area contributed by atoms with Crippen LogP contribution in [0.2, 0.25) is 0 Å². The fraction of sp³-hybridized carbons (Fsp3) is 0.625. The van der Waals surface area contributed by atoms with Crippen LogP contribution in [0.3, 0.4) is 0 Å². The Kier molecular flexibility index (Phi) is 5.47. The molecular weight excluding hydrogens is 144 g/mol. The van der Waals surface area contributed by atoms with Gasteiger partial charge in [-0.1, -0.05) is 6.08 Å². The minimum absolute atomic E-state index is 0.340. The summed E-state index contributed by atoms with van der Waals surface area (Å²) >= 11 is 0. The van der Waals surface area contributed by atoms with Crippen molar-refractivity contribution in [1.82, 2.24) is 0 Å². The van der Waals surface area contributed by atoms with E-state index in [-0.39, 0.29) is 5.92 Å². The van der Waals surface area contributed by atoms with Crippen LogP contribution in [-0.4, -0.2) is 24.8 Å². The predicted molar refractivity (Wildman–Crippen MR) is 42.4 cm³/mol. The third-order valence-corrected chi connectivity index (χ3v) is 1.47. The van der Waals surface area contributed by atoms with Gasteiger partial charge >= 0.3 is 5.97 Å². The molecule has 1 atom stereocenters. The maximum Gasteiger partial charge on any atom is 0.306 e. The van der Waals surface area contributed by atoms with E-state index in [1.165, 1.54) is 0 Å². The second-order valence-electron chi connectivity index (χ2n) is 2.34. The molecular formula is C8H14O3. The van der Waals surface area contributed by atoms with E-state index >= 15 is 0 Å². The highest BCUT2D eigenvalue weighted by atomic mass is 16.5. The summed E-state index contributed by atoms with van der Waals surface area (Å²) in [5.74, 6) is -1.12. The van der Waals surface area contributed by atoms with Crippen molar-refractivity contribution in [1.29, 1.82) is 0 Å². The van der Waals surface area contributed by atoms with Crippen molar-refractivity contribution in [2.24, 2.45) is 5.92 Å². The van der Waals surface area contributed by atoms with E-state index in [4.69, 9.17) is 9.84 Å². The Labute approximate surface area is 66.7 Å². The van der Waals surface area contributed by atoms with Crippen LogP contribution in [0.4, 0.5) is 0 Å². The molecule has 0 amide bonds. The number of ether oxygens (including phenoxy) is 1. The van der Waals surface area contributed by atoms with Gasteiger partial charge in [0.1, 0.15) is 0 Å². The van der Waals surface area contributed by atoms with Crippen molar-refractivity contribution in [3.63, 3.8) is 0 Å². The van der Waals surface area contributed by atoms with Crippen LogP contribution in [0.1, 0.15) is 12.8 Å². The van der Waals surface area contributed by atoms with Crippen molar-refractivity contribution in [2.45, 2.75) is 12.8 Å². The molecule has 64 valence electrons. The summed E-state index contributed by atoms with van der Waals surface area (Å²) in [5, 5.41) is 8.63. The number of carboxylic acids is 1. The number of carboxylic acid groups (broad SMARTS) is 1. The first-order valence-electron chi connectivity index (χ1n) is 3.55. The minimum Gasteiger partial charge on any atom is -0.481 e. The Morgan fingerprint density at radius 2 is 2.45 bits per heavy atom. The molecule has 0 saturated heterocycles. The van der Waals surface area contributed by atoms with Gasteiger partial charge in [-0.15, -0.1) is 6.58 Å². The average Bonchev–Trinajstić information content (AvgIpc) is 1.97. The van der Waals surface area contributed by atoms with Gasteiger partial charge in [0, 0.05) is 13.7 Å². The molecule has 0 aromatic carbocycles. The van der Waals surface area contributed by atoms with E-state index in [2.05, 4.69) is 6.58 Å². The molecule has 0 fully saturated rings. The Bertz CT molecular complexity index is 131. The monoisotopic (exact) mass is 158 g/mol. The summed E-state index contributed by atoms with van der Waals surface area (Å²) in [6.07, 6.45) is 2.69. The number of allylic oxidation sites excluding steroid dienone is 1. The van der Waals surface area contributed by atoms with E-state index in [1.807, 2.05) is 0 Å². The van der Waals surface area contributed by atoms with Gasteiger partial charge in [0.05, 0.1) is 5.92 Å². The van der Waals surface area contributed by atoms with E-state index in [0.717, 1.165) is 0 Å². The number of rotatable bonds is 6. The summed E-state index contributed by atoms with van der Waals surface area (Å²) < 4.78 is 4.77. The molecule has 0 spiro atoms. The van der Waals surface area contributed by atoms with Gasteiger partial charge in [0.2, 0.25) is 0 Å². The fourth-order valence-corrected chi connectivity index (χ4v) is 0.803. The third kappa shape index (κ3) is 4.56. The van der Waals surface area contributed by atoms with E-state index < -0.39 is 5.97 Å². The van der Waals surface area contributed by atoms with Gasteiger partial charge in [-0.3, -0.25) is 4.79 Å². The van der Waals surface area contributed by atoms with Gasteiger partial charge in [0.25, 0.3) is 0 Å². The fourth-order valence-electron chi connectivity index (χ4n) is 0.803. The van der Waals surface area contributed by atoms with Crippen LogP contribution in [0, 0.1) is 5.92 Å². The first kappa shape index (κ1) is 10.2. The number of methoxy groups -OCH3 is 1. The molecule has 0 aliphatic heterocycles. The Morgan fingerprint density at radius 3 is 2.82 bits per heavy atom. The predicted octanol–water partition coefficient (Wildman–Crippen LogP) is 1.30. The van der Waals surface area contributed by atoms with Crippen LogP contribution >= 0.6 is 0 Å². The van der Waals surface area contributed by atoms with Gasteiger partial charge in [-0.05, 0) is 12.8 Å². The standard InChI is InChI=1S/C8H14O3/c1-3-4-7(8(9)10)5-6-11-2/h3,7H,1,4-6H2,2H3,(H,9,10). The normalized spacial score (nSPS) is 12.5. The van der Waals surface area contributed by atoms with Gasteiger partial charge in [-0.2, -0.15) is 0 Å². The lowest BCUT2D eigenvalue weighted by molar-refractivity contribution is -0.142. The zero-order chi connectivity index (χ0) is 8.69. The SMILES string of the molecule is C=CCC(CCOC)C(=O)O. The minimum atomic E-state index is -0.776. The molecule has 0 rings (SSSR count). The van der Waals surface area contributed by atoms with Crippen LogP contribution in [0.5, 0.6) is 0 Å². The van der Waals surface area contributed by atoms with Gasteiger partial charge in [0.15, 0.2) is 0 Å². The molecule has 3 nitrogen and oxygen atoms in total. The van der Waals surface area contributed by atoms with Crippen LogP contribution in [0.15, 0.2) is 12.7 Å². The van der Waals surface area contributed by atoms with Crippen LogP contribution < -0.4 is 0 Å². The molecule has 0 aliphatic rings. The lowest BCUT2D eigenvalue weighted by Crippen LogP contribution is -2.14. The lowest BCUT2D eigenvalue weighted by Gasteiger charge is -2.07. The first-order valence-corrected chi connectivity index (χ1v) is 3.55. The number of carbonyl (C=O) groups is 1. The quantitative estimate of drug-likeness (QED) is 0.592. The van der Waals surface area contributed by atoms with E-state index in [9.17, 15) is 4.79 Å². The molecule has 1 unspecified atom stereocenters. The van der Waals surface area contributed by atoms with Crippen molar-refractivity contribution < 1.29 is 14.6 Å². The molecule has 1 N–H and O–H groups in total. The van der Waals surface area contributed by atoms with Crippen molar-refractivity contribution in [2.75, 3.05) is 13.7 Å². The summed E-state index contributed by atoms with van der Waals surface area (Å²) in [6, 6.07) is 0. The molecule has 0 aromatic rings. The summed E-state index contributed by atoms with van der Waals surface area (Å²) in [4.78, 5) is 10.5. The number of hydrogen-bond acceptors (Lipinski definition) is 2. The van der Waals surface area contributed by atoms with Gasteiger partial charge in [-0.25, -0.2) is 0 Å². The summed E-state index contributed by atoms with van der Waals surface area (Å²) in [6.45, 7) is 3.98. The summed E-state index contributed by atoms with van der Waals surface area (Å²) in [7, 11) is 1.56. The second kappa shape index (κ2) is 5.92. The smallest absolute Gasteiger partial charge is 0.306 e. The highest BCUT2D eigenvalue weighted by Crippen LogP contribution is 2.08. The van der Waals surface area contributed by atoms with Crippen molar-refractivity contribution in [3.05, 3.63) is 12.7 Å². The molecule has 0 radical (unpaired) electrons. The van der Waals surface area contributed by atoms with E-state index in [1.54, 1.807) is 13.2 Å². The maximum atomic E-state index is 10.5. The van der Waals surface area contributed by atoms with Gasteiger partial charge < -0.3 is 9.84 Å². The average molecular weight is 158 g/mol. The zero-order valence-electron chi connectivity index (χ0n) is 6.75. The second-order valence-corrected chi connectivity index (χ2v) is 2.34. The first-order chi connectivity index (χ1) is 5.22. The van der Waals surface area contributed by atoms with Crippen molar-refractivity contribution in [3.8, 4) is 0 Å². The summed E-state index contributed by atoms with van der Waals surface area (Å²) in [5.41, 5.74) is 0. The zero-order valence-corrected chi connectivity index (χ0v) is 6.75. The Balaban J connectivity index is 3.69. The van der Waals surface area contributed by atoms with Crippen molar-refractivity contribution >= 4 is 5.97 Å². The number of hydrogen-bond donors (Lipinski definition) is 1. The third-order valence-electron chi connectivity index (χ3n) is 1.47. The number of aliphatic carboxylic acids is 1. The highest BCUT2D eigenvalue weighted by molar-refractivity contribution is 5.70.